The molecule has 2 amide bonds. The SMILES string of the molecule is Cc1ncc(NC(=O)CN2CC(CO)OC(C)(C)C2)cc1-c1cn2ncc(C(N)=O)c2s1. The van der Waals surface area contributed by atoms with E-state index in [-0.39, 0.29) is 25.2 Å². The van der Waals surface area contributed by atoms with Crippen LogP contribution in [0.25, 0.3) is 15.3 Å². The molecule has 1 unspecified atom stereocenters. The van der Waals surface area contributed by atoms with Crippen molar-refractivity contribution >= 4 is 33.7 Å². The minimum Gasteiger partial charge on any atom is -0.394 e. The van der Waals surface area contributed by atoms with Gasteiger partial charge in [-0.3, -0.25) is 19.5 Å². The van der Waals surface area contributed by atoms with E-state index in [2.05, 4.69) is 15.4 Å². The number of carbonyl (C=O) groups excluding carboxylic acids is 2. The highest BCUT2D eigenvalue weighted by atomic mass is 32.1. The van der Waals surface area contributed by atoms with Crippen molar-refractivity contribution < 1.29 is 19.4 Å². The number of pyridine rings is 1. The number of nitrogens with one attached hydrogen (secondary N) is 1. The van der Waals surface area contributed by atoms with Gasteiger partial charge in [0, 0.05) is 30.5 Å². The van der Waals surface area contributed by atoms with Crippen molar-refractivity contribution in [3.05, 3.63) is 35.9 Å². The number of rotatable bonds is 6. The molecule has 1 aliphatic heterocycles. The van der Waals surface area contributed by atoms with Crippen LogP contribution in [0.3, 0.4) is 0 Å². The van der Waals surface area contributed by atoms with Crippen molar-refractivity contribution in [1.82, 2.24) is 19.5 Å². The first-order chi connectivity index (χ1) is 15.1. The molecule has 0 saturated carbocycles. The van der Waals surface area contributed by atoms with Crippen LogP contribution >= 0.6 is 11.3 Å². The topological polar surface area (TPSA) is 135 Å². The maximum Gasteiger partial charge on any atom is 0.253 e. The summed E-state index contributed by atoms with van der Waals surface area (Å²) in [7, 11) is 0. The van der Waals surface area contributed by atoms with E-state index in [1.165, 1.54) is 17.5 Å². The lowest BCUT2D eigenvalue weighted by atomic mass is 10.1. The summed E-state index contributed by atoms with van der Waals surface area (Å²) in [6.07, 6.45) is 4.56. The standard InChI is InChI=1S/C21H26N6O4S/c1-12-15(17-8-27-20(32-17)16(6-24-27)19(22)30)4-13(5-23-12)25-18(29)9-26-7-14(10-28)31-21(2,3)11-26/h4-6,8,14,28H,7,9-11H2,1-3H3,(H2,22,30)(H,25,29). The van der Waals surface area contributed by atoms with Gasteiger partial charge >= 0.3 is 0 Å². The van der Waals surface area contributed by atoms with Gasteiger partial charge < -0.3 is 20.9 Å². The van der Waals surface area contributed by atoms with Crippen LogP contribution in [0.1, 0.15) is 29.9 Å². The van der Waals surface area contributed by atoms with Gasteiger partial charge in [-0.05, 0) is 26.8 Å². The molecule has 3 aromatic heterocycles. The monoisotopic (exact) mass is 458 g/mol. The smallest absolute Gasteiger partial charge is 0.253 e. The number of fused-ring (bicyclic) bond motifs is 1. The van der Waals surface area contributed by atoms with Crippen molar-refractivity contribution in [3.63, 3.8) is 0 Å². The highest BCUT2D eigenvalue weighted by molar-refractivity contribution is 7.21. The zero-order chi connectivity index (χ0) is 23.0. The normalized spacial score (nSPS) is 18.7. The third-order valence-electron chi connectivity index (χ3n) is 5.22. The molecule has 4 N–H and O–H groups in total. The molecule has 11 heteroatoms. The number of primary amides is 1. The summed E-state index contributed by atoms with van der Waals surface area (Å²) in [5.41, 5.74) is 7.54. The Morgan fingerprint density at radius 2 is 2.19 bits per heavy atom. The van der Waals surface area contributed by atoms with Gasteiger partial charge in [-0.25, -0.2) is 4.52 Å². The van der Waals surface area contributed by atoms with Gasteiger partial charge in [-0.1, -0.05) is 0 Å². The number of aliphatic hydroxyl groups is 1. The van der Waals surface area contributed by atoms with Crippen LogP contribution in [-0.2, 0) is 9.53 Å². The zero-order valence-electron chi connectivity index (χ0n) is 18.2. The highest BCUT2D eigenvalue weighted by Gasteiger charge is 2.33. The van der Waals surface area contributed by atoms with E-state index in [9.17, 15) is 14.7 Å². The minimum atomic E-state index is -0.529. The Hall–Kier alpha value is -2.86. The van der Waals surface area contributed by atoms with Crippen LogP contribution in [0.4, 0.5) is 5.69 Å². The second kappa shape index (κ2) is 8.58. The predicted molar refractivity (Wildman–Crippen MR) is 121 cm³/mol. The first-order valence-electron chi connectivity index (χ1n) is 10.2. The van der Waals surface area contributed by atoms with Crippen molar-refractivity contribution in [2.75, 3.05) is 31.6 Å². The van der Waals surface area contributed by atoms with E-state index in [1.807, 2.05) is 37.9 Å². The molecule has 1 aliphatic rings. The molecule has 1 saturated heterocycles. The van der Waals surface area contributed by atoms with Crippen LogP contribution < -0.4 is 11.1 Å². The number of aryl methyl sites for hydroxylation is 1. The number of carbonyl (C=O) groups is 2. The van der Waals surface area contributed by atoms with Crippen molar-refractivity contribution in [3.8, 4) is 10.4 Å². The second-order valence-corrected chi connectivity index (χ2v) is 9.56. The molecule has 0 bridgehead atoms. The summed E-state index contributed by atoms with van der Waals surface area (Å²) in [6, 6.07) is 1.86. The maximum atomic E-state index is 12.7. The van der Waals surface area contributed by atoms with Crippen LogP contribution in [0.15, 0.2) is 24.7 Å². The van der Waals surface area contributed by atoms with Crippen molar-refractivity contribution in [2.24, 2.45) is 5.73 Å². The molecule has 0 spiro atoms. The molecule has 32 heavy (non-hydrogen) atoms. The Morgan fingerprint density at radius 1 is 1.41 bits per heavy atom. The number of anilines is 1. The first kappa shape index (κ1) is 22.3. The molecule has 3 aromatic rings. The van der Waals surface area contributed by atoms with Gasteiger partial charge in [-0.2, -0.15) is 5.10 Å². The van der Waals surface area contributed by atoms with Crippen LogP contribution in [-0.4, -0.2) is 74.4 Å². The summed E-state index contributed by atoms with van der Waals surface area (Å²) in [5.74, 6) is -0.702. The van der Waals surface area contributed by atoms with Crippen LogP contribution in [0.2, 0.25) is 0 Å². The number of hydrogen-bond acceptors (Lipinski definition) is 8. The Kier molecular flexibility index (Phi) is 5.99. The number of aliphatic hydroxyl groups excluding tert-OH is 1. The molecule has 4 heterocycles. The lowest BCUT2D eigenvalue weighted by Crippen LogP contribution is -2.55. The number of aromatic nitrogens is 3. The number of morpholine rings is 1. The molecule has 4 rings (SSSR count). The zero-order valence-corrected chi connectivity index (χ0v) is 19.0. The molecule has 10 nitrogen and oxygen atoms in total. The predicted octanol–water partition coefficient (Wildman–Crippen LogP) is 1.28. The minimum absolute atomic E-state index is 0.0888. The van der Waals surface area contributed by atoms with Gasteiger partial charge in [0.25, 0.3) is 5.91 Å². The number of ether oxygens (including phenoxy) is 1. The van der Waals surface area contributed by atoms with Gasteiger partial charge in [-0.15, -0.1) is 11.3 Å². The van der Waals surface area contributed by atoms with E-state index >= 15 is 0 Å². The van der Waals surface area contributed by atoms with E-state index in [0.29, 0.717) is 29.2 Å². The Labute approximate surface area is 189 Å². The summed E-state index contributed by atoms with van der Waals surface area (Å²) in [5, 5.41) is 16.6. The van der Waals surface area contributed by atoms with Gasteiger partial charge in [0.2, 0.25) is 5.91 Å². The van der Waals surface area contributed by atoms with E-state index < -0.39 is 11.5 Å². The van der Waals surface area contributed by atoms with Crippen molar-refractivity contribution in [1.29, 1.82) is 0 Å². The lowest BCUT2D eigenvalue weighted by molar-refractivity contribution is -0.151. The quantitative estimate of drug-likeness (QED) is 0.506. The van der Waals surface area contributed by atoms with E-state index in [0.717, 1.165) is 16.1 Å². The molecular formula is C21H26N6O4S. The summed E-state index contributed by atoms with van der Waals surface area (Å²) in [4.78, 5) is 32.2. The van der Waals surface area contributed by atoms with Gasteiger partial charge in [0.05, 0.1) is 53.4 Å². The molecule has 0 radical (unpaired) electrons. The maximum absolute atomic E-state index is 12.7. The molecule has 1 atom stereocenters. The number of amides is 2. The Bertz CT molecular complexity index is 1170. The fourth-order valence-electron chi connectivity index (χ4n) is 3.97. The summed E-state index contributed by atoms with van der Waals surface area (Å²) in [6.45, 7) is 6.93. The molecule has 0 aliphatic carbocycles. The molecular weight excluding hydrogens is 432 g/mol. The number of hydrogen-bond donors (Lipinski definition) is 3. The van der Waals surface area contributed by atoms with Crippen LogP contribution in [0, 0.1) is 6.92 Å². The van der Waals surface area contributed by atoms with E-state index in [4.69, 9.17) is 10.5 Å². The summed E-state index contributed by atoms with van der Waals surface area (Å²) < 4.78 is 7.42. The first-order valence-corrected chi connectivity index (χ1v) is 11.0. The third-order valence-corrected chi connectivity index (χ3v) is 6.37. The van der Waals surface area contributed by atoms with Gasteiger partial charge in [0.15, 0.2) is 0 Å². The fourth-order valence-corrected chi connectivity index (χ4v) is 5.10. The average molecular weight is 459 g/mol. The largest absolute Gasteiger partial charge is 0.394 e. The van der Waals surface area contributed by atoms with Crippen molar-refractivity contribution in [2.45, 2.75) is 32.5 Å². The van der Waals surface area contributed by atoms with Gasteiger partial charge in [0.1, 0.15) is 4.83 Å². The second-order valence-electron chi connectivity index (χ2n) is 8.52. The molecule has 0 aromatic carbocycles. The molecule has 170 valence electrons. The van der Waals surface area contributed by atoms with E-state index in [1.54, 1.807) is 10.7 Å². The number of nitrogens with two attached hydrogens (primary N) is 1. The molecule has 1 fully saturated rings. The highest BCUT2D eigenvalue weighted by Crippen LogP contribution is 2.33. The fraction of sp³-hybridized carbons (Fsp3) is 0.429. The van der Waals surface area contributed by atoms with Crippen LogP contribution in [0.5, 0.6) is 0 Å². The number of thiazole rings is 1. The lowest BCUT2D eigenvalue weighted by Gasteiger charge is -2.41. The third kappa shape index (κ3) is 4.65. The average Bonchev–Trinajstić information content (AvgIpc) is 3.28. The summed E-state index contributed by atoms with van der Waals surface area (Å²) >= 11 is 1.39. The Balaban J connectivity index is 1.50. The Morgan fingerprint density at radius 3 is 2.91 bits per heavy atom. The number of nitrogens with zero attached hydrogens (tertiary/aromatic N) is 4.